The van der Waals surface area contributed by atoms with Crippen molar-refractivity contribution in [3.63, 3.8) is 0 Å². The van der Waals surface area contributed by atoms with Crippen molar-refractivity contribution >= 4 is 59.4 Å². The highest BCUT2D eigenvalue weighted by molar-refractivity contribution is 9.11. The van der Waals surface area contributed by atoms with Crippen LogP contribution in [0.2, 0.25) is 0 Å². The first-order chi connectivity index (χ1) is 8.95. The quantitative estimate of drug-likeness (QED) is 0.643. The number of hydrogen-bond donors (Lipinski definition) is 1. The maximum Gasteiger partial charge on any atom is 0.256 e. The first kappa shape index (κ1) is 14.8. The van der Waals surface area contributed by atoms with Crippen LogP contribution < -0.4 is 5.32 Å². The maximum atomic E-state index is 12.2. The molecule has 0 aliphatic carbocycles. The van der Waals surface area contributed by atoms with Crippen LogP contribution in [0, 0.1) is 6.92 Å². The highest BCUT2D eigenvalue weighted by Gasteiger charge is 2.11. The number of carbonyl (C=O) groups excluding carboxylic acids is 1. The van der Waals surface area contributed by atoms with E-state index in [1.165, 1.54) is 0 Å². The largest absolute Gasteiger partial charge is 0.322 e. The fraction of sp³-hybridized carbons (Fsp3) is 0.0714. The van der Waals surface area contributed by atoms with Gasteiger partial charge in [-0.05, 0) is 64.8 Å². The summed E-state index contributed by atoms with van der Waals surface area (Å²) in [6, 6.07) is 11.2. The Morgan fingerprint density at radius 2 is 1.74 bits per heavy atom. The molecule has 2 aromatic carbocycles. The smallest absolute Gasteiger partial charge is 0.256 e. The molecule has 0 heterocycles. The number of benzene rings is 2. The van der Waals surface area contributed by atoms with E-state index in [1.807, 2.05) is 37.3 Å². The summed E-state index contributed by atoms with van der Waals surface area (Å²) in [6.07, 6.45) is 0. The minimum absolute atomic E-state index is 0.142. The highest BCUT2D eigenvalue weighted by atomic mass is 79.9. The number of anilines is 1. The second-order valence-corrected chi connectivity index (χ2v) is 6.78. The Kier molecular flexibility index (Phi) is 4.81. The molecule has 2 nitrogen and oxygen atoms in total. The van der Waals surface area contributed by atoms with Gasteiger partial charge in [0.05, 0.1) is 5.56 Å². The standard InChI is InChI=1S/C14H10Br3NO/c1-8-4-10(16)6-11(5-8)18-14(19)12-3-2-9(15)7-13(12)17/h2-7H,1H3,(H,18,19). The van der Waals surface area contributed by atoms with Crippen LogP contribution in [-0.2, 0) is 0 Å². The van der Waals surface area contributed by atoms with Gasteiger partial charge in [-0.25, -0.2) is 0 Å². The minimum Gasteiger partial charge on any atom is -0.322 e. The van der Waals surface area contributed by atoms with Crippen molar-refractivity contribution in [3.8, 4) is 0 Å². The van der Waals surface area contributed by atoms with Crippen LogP contribution in [0.5, 0.6) is 0 Å². The maximum absolute atomic E-state index is 12.2. The molecule has 0 aliphatic rings. The van der Waals surface area contributed by atoms with Gasteiger partial charge in [-0.15, -0.1) is 0 Å². The normalized spacial score (nSPS) is 10.3. The first-order valence-electron chi connectivity index (χ1n) is 5.49. The molecule has 0 saturated carbocycles. The lowest BCUT2D eigenvalue weighted by atomic mass is 10.2. The van der Waals surface area contributed by atoms with E-state index in [0.29, 0.717) is 5.56 Å². The second kappa shape index (κ2) is 6.20. The van der Waals surface area contributed by atoms with Gasteiger partial charge in [0.2, 0.25) is 0 Å². The molecule has 5 heteroatoms. The summed E-state index contributed by atoms with van der Waals surface area (Å²) in [7, 11) is 0. The van der Waals surface area contributed by atoms with Crippen molar-refractivity contribution in [2.75, 3.05) is 5.32 Å². The van der Waals surface area contributed by atoms with E-state index in [1.54, 1.807) is 6.07 Å². The summed E-state index contributed by atoms with van der Waals surface area (Å²) >= 11 is 10.2. The first-order valence-corrected chi connectivity index (χ1v) is 7.87. The van der Waals surface area contributed by atoms with Crippen LogP contribution in [0.1, 0.15) is 15.9 Å². The molecule has 2 rings (SSSR count). The van der Waals surface area contributed by atoms with Crippen LogP contribution in [-0.4, -0.2) is 5.91 Å². The predicted molar refractivity (Wildman–Crippen MR) is 88.7 cm³/mol. The molecule has 0 spiro atoms. The number of nitrogens with one attached hydrogen (secondary N) is 1. The third-order valence-electron chi connectivity index (χ3n) is 2.48. The average Bonchev–Trinajstić information content (AvgIpc) is 2.26. The molecule has 0 unspecified atom stereocenters. The summed E-state index contributed by atoms with van der Waals surface area (Å²) in [5, 5.41) is 2.89. The van der Waals surface area contributed by atoms with Gasteiger partial charge in [-0.1, -0.05) is 31.9 Å². The van der Waals surface area contributed by atoms with Crippen LogP contribution in [0.4, 0.5) is 5.69 Å². The van der Waals surface area contributed by atoms with Crippen LogP contribution in [0.3, 0.4) is 0 Å². The van der Waals surface area contributed by atoms with Gasteiger partial charge in [0.25, 0.3) is 5.91 Å². The molecule has 0 aliphatic heterocycles. The average molecular weight is 448 g/mol. The fourth-order valence-electron chi connectivity index (χ4n) is 1.68. The van der Waals surface area contributed by atoms with Crippen molar-refractivity contribution in [1.82, 2.24) is 0 Å². The number of amides is 1. The monoisotopic (exact) mass is 445 g/mol. The lowest BCUT2D eigenvalue weighted by Crippen LogP contribution is -2.12. The van der Waals surface area contributed by atoms with Gasteiger partial charge >= 0.3 is 0 Å². The van der Waals surface area contributed by atoms with Crippen molar-refractivity contribution in [2.24, 2.45) is 0 Å². The molecule has 0 aromatic heterocycles. The van der Waals surface area contributed by atoms with E-state index in [4.69, 9.17) is 0 Å². The molecule has 19 heavy (non-hydrogen) atoms. The number of rotatable bonds is 2. The molecule has 0 fully saturated rings. The molecule has 2 aromatic rings. The minimum atomic E-state index is -0.142. The van der Waals surface area contributed by atoms with Crippen molar-refractivity contribution < 1.29 is 4.79 Å². The van der Waals surface area contributed by atoms with E-state index < -0.39 is 0 Å². The van der Waals surface area contributed by atoms with E-state index >= 15 is 0 Å². The third kappa shape index (κ3) is 3.91. The highest BCUT2D eigenvalue weighted by Crippen LogP contribution is 2.24. The molecule has 1 amide bonds. The van der Waals surface area contributed by atoms with Crippen molar-refractivity contribution in [2.45, 2.75) is 6.92 Å². The molecule has 0 bridgehead atoms. The molecular weight excluding hydrogens is 438 g/mol. The lowest BCUT2D eigenvalue weighted by molar-refractivity contribution is 0.102. The van der Waals surface area contributed by atoms with Crippen molar-refractivity contribution in [3.05, 3.63) is 60.9 Å². The molecule has 1 N–H and O–H groups in total. The zero-order valence-electron chi connectivity index (χ0n) is 10.0. The molecule has 98 valence electrons. The number of halogens is 3. The second-order valence-electron chi connectivity index (χ2n) is 4.10. The van der Waals surface area contributed by atoms with Gasteiger partial charge in [-0.3, -0.25) is 4.79 Å². The van der Waals surface area contributed by atoms with E-state index in [9.17, 15) is 4.79 Å². The zero-order chi connectivity index (χ0) is 14.0. The Hall–Kier alpha value is -0.650. The van der Waals surface area contributed by atoms with Gasteiger partial charge in [0.1, 0.15) is 0 Å². The zero-order valence-corrected chi connectivity index (χ0v) is 14.8. The van der Waals surface area contributed by atoms with Gasteiger partial charge in [0, 0.05) is 19.1 Å². The topological polar surface area (TPSA) is 29.1 Å². The number of hydrogen-bond acceptors (Lipinski definition) is 1. The Balaban J connectivity index is 2.25. The Labute approximate surface area is 137 Å². The SMILES string of the molecule is Cc1cc(Br)cc(NC(=O)c2ccc(Br)cc2Br)c1. The molecule has 0 atom stereocenters. The summed E-state index contributed by atoms with van der Waals surface area (Å²) in [5.74, 6) is -0.142. The van der Waals surface area contributed by atoms with Crippen LogP contribution in [0.25, 0.3) is 0 Å². The Morgan fingerprint density at radius 1 is 1.00 bits per heavy atom. The van der Waals surface area contributed by atoms with E-state index in [2.05, 4.69) is 53.1 Å². The van der Waals surface area contributed by atoms with Gasteiger partial charge in [-0.2, -0.15) is 0 Å². The number of aryl methyl sites for hydroxylation is 1. The summed E-state index contributed by atoms with van der Waals surface area (Å²) in [4.78, 5) is 12.2. The summed E-state index contributed by atoms with van der Waals surface area (Å²) < 4.78 is 2.62. The molecule has 0 saturated heterocycles. The lowest BCUT2D eigenvalue weighted by Gasteiger charge is -2.08. The van der Waals surface area contributed by atoms with Crippen LogP contribution in [0.15, 0.2) is 49.8 Å². The number of carbonyl (C=O) groups is 1. The Morgan fingerprint density at radius 3 is 2.37 bits per heavy atom. The van der Waals surface area contributed by atoms with Gasteiger partial charge < -0.3 is 5.32 Å². The molecular formula is C14H10Br3NO. The summed E-state index contributed by atoms with van der Waals surface area (Å²) in [6.45, 7) is 1.98. The van der Waals surface area contributed by atoms with Gasteiger partial charge in [0.15, 0.2) is 0 Å². The fourth-order valence-corrected chi connectivity index (χ4v) is 3.52. The van der Waals surface area contributed by atoms with Crippen molar-refractivity contribution in [1.29, 1.82) is 0 Å². The predicted octanol–water partition coefficient (Wildman–Crippen LogP) is 5.53. The summed E-state index contributed by atoms with van der Waals surface area (Å²) in [5.41, 5.74) is 2.45. The Bertz CT molecular complexity index is 620. The van der Waals surface area contributed by atoms with E-state index in [-0.39, 0.29) is 5.91 Å². The van der Waals surface area contributed by atoms with Crippen LogP contribution >= 0.6 is 47.8 Å². The molecule has 0 radical (unpaired) electrons. The van der Waals surface area contributed by atoms with E-state index in [0.717, 1.165) is 24.7 Å². The third-order valence-corrected chi connectivity index (χ3v) is 4.08.